The summed E-state index contributed by atoms with van der Waals surface area (Å²) in [6, 6.07) is 0.0406. The van der Waals surface area contributed by atoms with Crippen LogP contribution >= 0.6 is 0 Å². The van der Waals surface area contributed by atoms with E-state index in [0.717, 1.165) is 6.42 Å². The van der Waals surface area contributed by atoms with E-state index in [2.05, 4.69) is 11.3 Å². The predicted molar refractivity (Wildman–Crippen MR) is 47.3 cm³/mol. The van der Waals surface area contributed by atoms with Crippen LogP contribution in [0.4, 0.5) is 0 Å². The number of hydrogen-bond acceptors (Lipinski definition) is 1. The molecule has 0 aromatic heterocycles. The van der Waals surface area contributed by atoms with Crippen LogP contribution in [-0.4, -0.2) is 14.8 Å². The van der Waals surface area contributed by atoms with Crippen molar-refractivity contribution in [3.63, 3.8) is 0 Å². The number of rotatable bonds is 5. The summed E-state index contributed by atoms with van der Waals surface area (Å²) in [5, 5.41) is 0. The summed E-state index contributed by atoms with van der Waals surface area (Å²) < 4.78 is 21.3. The lowest BCUT2D eigenvalue weighted by atomic mass is 10.0. The molecule has 1 unspecified atom stereocenters. The van der Waals surface area contributed by atoms with E-state index in [9.17, 15) is 4.21 Å². The van der Waals surface area contributed by atoms with E-state index in [-0.39, 0.29) is 6.04 Å². The Morgan fingerprint density at radius 3 is 2.64 bits per heavy atom. The third-order valence-electron chi connectivity index (χ3n) is 1.68. The van der Waals surface area contributed by atoms with Gasteiger partial charge >= 0.3 is 0 Å². The zero-order valence-electron chi connectivity index (χ0n) is 6.91. The van der Waals surface area contributed by atoms with E-state index in [1.807, 2.05) is 19.9 Å². The first-order valence-electron chi connectivity index (χ1n) is 3.55. The minimum absolute atomic E-state index is 0.0406. The van der Waals surface area contributed by atoms with Crippen LogP contribution in [0.15, 0.2) is 12.7 Å². The number of nitrogens with one attached hydrogen (secondary N) is 1. The SMILES string of the molecule is C=CC[C@H](C)[C@@H](C)NS(=O)O. The Balaban J connectivity index is 3.71. The molecule has 2 N–H and O–H groups in total. The van der Waals surface area contributed by atoms with Crippen molar-refractivity contribution in [3.05, 3.63) is 12.7 Å². The molecule has 0 saturated carbocycles. The second-order valence-electron chi connectivity index (χ2n) is 2.66. The zero-order valence-corrected chi connectivity index (χ0v) is 7.73. The quantitative estimate of drug-likeness (QED) is 0.491. The van der Waals surface area contributed by atoms with Crippen LogP contribution in [0.25, 0.3) is 0 Å². The third kappa shape index (κ3) is 5.12. The van der Waals surface area contributed by atoms with Gasteiger partial charge in [-0.3, -0.25) is 4.55 Å². The molecule has 4 heteroatoms. The highest BCUT2D eigenvalue weighted by atomic mass is 32.2. The maximum Gasteiger partial charge on any atom is 0.231 e. The van der Waals surface area contributed by atoms with E-state index < -0.39 is 11.3 Å². The van der Waals surface area contributed by atoms with Gasteiger partial charge in [0.15, 0.2) is 0 Å². The Morgan fingerprint density at radius 1 is 1.73 bits per heavy atom. The van der Waals surface area contributed by atoms with Gasteiger partial charge in [-0.15, -0.1) is 6.58 Å². The second-order valence-corrected chi connectivity index (χ2v) is 3.39. The van der Waals surface area contributed by atoms with Crippen molar-refractivity contribution in [2.24, 2.45) is 5.92 Å². The first-order valence-corrected chi connectivity index (χ1v) is 4.66. The summed E-state index contributed by atoms with van der Waals surface area (Å²) in [6.07, 6.45) is 2.66. The normalized spacial score (nSPS) is 18.8. The van der Waals surface area contributed by atoms with Gasteiger partial charge in [0, 0.05) is 6.04 Å². The Bertz CT molecular complexity index is 149. The van der Waals surface area contributed by atoms with Crippen molar-refractivity contribution in [2.75, 3.05) is 0 Å². The molecule has 0 amide bonds. The van der Waals surface area contributed by atoms with Crippen molar-refractivity contribution in [3.8, 4) is 0 Å². The van der Waals surface area contributed by atoms with Gasteiger partial charge in [0.2, 0.25) is 11.3 Å². The fourth-order valence-corrected chi connectivity index (χ4v) is 1.29. The van der Waals surface area contributed by atoms with Crippen molar-refractivity contribution in [1.29, 1.82) is 0 Å². The molecule has 0 aliphatic rings. The van der Waals surface area contributed by atoms with Gasteiger partial charge < -0.3 is 0 Å². The van der Waals surface area contributed by atoms with Crippen LogP contribution in [-0.2, 0) is 11.3 Å². The molecule has 66 valence electrons. The zero-order chi connectivity index (χ0) is 8.85. The average molecular weight is 177 g/mol. The Morgan fingerprint density at radius 2 is 2.27 bits per heavy atom. The fraction of sp³-hybridized carbons (Fsp3) is 0.714. The van der Waals surface area contributed by atoms with Crippen molar-refractivity contribution in [2.45, 2.75) is 26.3 Å². The predicted octanol–water partition coefficient (Wildman–Crippen LogP) is 1.31. The molecule has 0 aromatic carbocycles. The standard InChI is InChI=1S/C7H15NO2S/c1-4-5-6(2)7(3)8-11(9)10/h4,6-8H,1,5H2,2-3H3,(H,9,10)/t6-,7+/m0/s1. The summed E-state index contributed by atoms with van der Waals surface area (Å²) in [5.74, 6) is 0.337. The molecule has 0 aliphatic heterocycles. The molecule has 11 heavy (non-hydrogen) atoms. The van der Waals surface area contributed by atoms with Crippen LogP contribution in [0.3, 0.4) is 0 Å². The monoisotopic (exact) mass is 177 g/mol. The highest BCUT2D eigenvalue weighted by molar-refractivity contribution is 7.77. The summed E-state index contributed by atoms with van der Waals surface area (Å²) in [7, 11) is 0. The maximum absolute atomic E-state index is 10.3. The molecule has 0 aromatic rings. The minimum Gasteiger partial charge on any atom is -0.294 e. The molecule has 0 bridgehead atoms. The van der Waals surface area contributed by atoms with E-state index >= 15 is 0 Å². The van der Waals surface area contributed by atoms with Crippen molar-refractivity contribution < 1.29 is 8.76 Å². The largest absolute Gasteiger partial charge is 0.294 e. The lowest BCUT2D eigenvalue weighted by molar-refractivity contribution is 0.442. The molecule has 0 heterocycles. The van der Waals surface area contributed by atoms with Gasteiger partial charge in [0.25, 0.3) is 0 Å². The van der Waals surface area contributed by atoms with Crippen LogP contribution in [0.5, 0.6) is 0 Å². The summed E-state index contributed by atoms with van der Waals surface area (Å²) in [4.78, 5) is 0. The van der Waals surface area contributed by atoms with Crippen LogP contribution in [0, 0.1) is 5.92 Å². The topological polar surface area (TPSA) is 49.3 Å². The fourth-order valence-electron chi connectivity index (χ4n) is 0.742. The highest BCUT2D eigenvalue weighted by Crippen LogP contribution is 2.07. The Hall–Kier alpha value is -0.190. The van der Waals surface area contributed by atoms with E-state index in [1.165, 1.54) is 0 Å². The molecule has 0 fully saturated rings. The Kier molecular flexibility index (Phi) is 5.36. The Labute approximate surface area is 70.3 Å². The van der Waals surface area contributed by atoms with Crippen molar-refractivity contribution >= 4 is 11.3 Å². The van der Waals surface area contributed by atoms with Crippen LogP contribution in [0.2, 0.25) is 0 Å². The average Bonchev–Trinajstić information content (AvgIpc) is 1.86. The maximum atomic E-state index is 10.3. The molecular formula is C7H15NO2S. The minimum atomic E-state index is -1.90. The summed E-state index contributed by atoms with van der Waals surface area (Å²) >= 11 is -1.90. The smallest absolute Gasteiger partial charge is 0.231 e. The molecule has 0 spiro atoms. The number of hydrogen-bond donors (Lipinski definition) is 2. The van der Waals surface area contributed by atoms with Gasteiger partial charge in [-0.1, -0.05) is 13.0 Å². The summed E-state index contributed by atoms with van der Waals surface area (Å²) in [5.41, 5.74) is 0. The molecular weight excluding hydrogens is 162 g/mol. The number of allylic oxidation sites excluding steroid dienone is 1. The van der Waals surface area contributed by atoms with E-state index in [0.29, 0.717) is 5.92 Å². The van der Waals surface area contributed by atoms with Gasteiger partial charge in [0.1, 0.15) is 0 Å². The van der Waals surface area contributed by atoms with Gasteiger partial charge in [-0.25, -0.2) is 8.93 Å². The molecule has 0 radical (unpaired) electrons. The van der Waals surface area contributed by atoms with Gasteiger partial charge in [-0.2, -0.15) is 0 Å². The van der Waals surface area contributed by atoms with Crippen molar-refractivity contribution in [1.82, 2.24) is 4.72 Å². The molecule has 0 saturated heterocycles. The highest BCUT2D eigenvalue weighted by Gasteiger charge is 2.11. The first-order chi connectivity index (χ1) is 5.07. The van der Waals surface area contributed by atoms with E-state index in [1.54, 1.807) is 0 Å². The lowest BCUT2D eigenvalue weighted by Crippen LogP contribution is -2.32. The first kappa shape index (κ1) is 10.8. The van der Waals surface area contributed by atoms with E-state index in [4.69, 9.17) is 4.55 Å². The lowest BCUT2D eigenvalue weighted by Gasteiger charge is -2.16. The summed E-state index contributed by atoms with van der Waals surface area (Å²) in [6.45, 7) is 7.48. The molecule has 0 aliphatic carbocycles. The van der Waals surface area contributed by atoms with Crippen LogP contribution < -0.4 is 4.72 Å². The second kappa shape index (κ2) is 5.46. The molecule has 3 atom stereocenters. The molecule has 3 nitrogen and oxygen atoms in total. The molecule has 0 rings (SSSR count). The van der Waals surface area contributed by atoms with Crippen LogP contribution in [0.1, 0.15) is 20.3 Å². The van der Waals surface area contributed by atoms with Gasteiger partial charge in [0.05, 0.1) is 0 Å². The third-order valence-corrected chi connectivity index (χ3v) is 2.25. The van der Waals surface area contributed by atoms with Gasteiger partial charge in [-0.05, 0) is 19.3 Å².